The monoisotopic (exact) mass is 253 g/mol. The second kappa shape index (κ2) is 6.42. The number of halogens is 1. The van der Waals surface area contributed by atoms with Crippen molar-refractivity contribution in [1.82, 2.24) is 5.32 Å². The van der Waals surface area contributed by atoms with Crippen LogP contribution in [0.4, 0.5) is 0 Å². The maximum Gasteiger partial charge on any atom is 0.0438 e. The molecule has 0 bridgehead atoms. The van der Waals surface area contributed by atoms with Gasteiger partial charge in [-0.15, -0.1) is 0 Å². The van der Waals surface area contributed by atoms with Crippen LogP contribution in [0.25, 0.3) is 0 Å². The van der Waals surface area contributed by atoms with Crippen LogP contribution in [0.2, 0.25) is 5.02 Å². The molecule has 0 heterocycles. The molecule has 0 fully saturated rings. The number of benzene rings is 1. The number of nitrogens with one attached hydrogen (secondary N) is 1. The molecule has 96 valence electrons. The number of rotatable bonds is 5. The molecular formula is C15H24ClN. The topological polar surface area (TPSA) is 12.0 Å². The highest BCUT2D eigenvalue weighted by Gasteiger charge is 2.20. The van der Waals surface area contributed by atoms with E-state index < -0.39 is 0 Å². The lowest BCUT2D eigenvalue weighted by molar-refractivity contribution is 0.358. The van der Waals surface area contributed by atoms with E-state index >= 15 is 0 Å². The number of hydrogen-bond acceptors (Lipinski definition) is 1. The standard InChI is InChI=1S/C15H24ClN/c1-6-12(7-2)15(17-5)13-8-11(4)14(16)9-10(13)3/h8-9,12,15,17H,6-7H2,1-5H3. The molecule has 0 aliphatic carbocycles. The molecule has 1 unspecified atom stereocenters. The van der Waals surface area contributed by atoms with Gasteiger partial charge in [-0.2, -0.15) is 0 Å². The van der Waals surface area contributed by atoms with Crippen molar-refractivity contribution in [2.24, 2.45) is 5.92 Å². The molecule has 0 saturated heterocycles. The molecule has 0 aliphatic rings. The maximum atomic E-state index is 6.16. The fraction of sp³-hybridized carbons (Fsp3) is 0.600. The van der Waals surface area contributed by atoms with E-state index in [0.29, 0.717) is 12.0 Å². The van der Waals surface area contributed by atoms with Gasteiger partial charge < -0.3 is 5.32 Å². The Labute approximate surface area is 111 Å². The first-order chi connectivity index (χ1) is 8.04. The highest BCUT2D eigenvalue weighted by molar-refractivity contribution is 6.31. The van der Waals surface area contributed by atoms with Crippen LogP contribution in [0, 0.1) is 19.8 Å². The Morgan fingerprint density at radius 3 is 2.18 bits per heavy atom. The summed E-state index contributed by atoms with van der Waals surface area (Å²) in [5.74, 6) is 0.680. The van der Waals surface area contributed by atoms with Gasteiger partial charge in [0.15, 0.2) is 0 Å². The molecule has 17 heavy (non-hydrogen) atoms. The summed E-state index contributed by atoms with van der Waals surface area (Å²) >= 11 is 6.16. The van der Waals surface area contributed by atoms with Gasteiger partial charge in [-0.25, -0.2) is 0 Å². The summed E-state index contributed by atoms with van der Waals surface area (Å²) in [6.45, 7) is 8.74. The van der Waals surface area contributed by atoms with Crippen molar-refractivity contribution in [2.45, 2.75) is 46.6 Å². The van der Waals surface area contributed by atoms with E-state index in [9.17, 15) is 0 Å². The van der Waals surface area contributed by atoms with E-state index in [0.717, 1.165) is 5.02 Å². The van der Waals surface area contributed by atoms with E-state index in [4.69, 9.17) is 11.6 Å². The van der Waals surface area contributed by atoms with Gasteiger partial charge in [0.1, 0.15) is 0 Å². The van der Waals surface area contributed by atoms with Crippen LogP contribution in [-0.2, 0) is 0 Å². The van der Waals surface area contributed by atoms with Crippen LogP contribution in [0.5, 0.6) is 0 Å². The van der Waals surface area contributed by atoms with Gasteiger partial charge >= 0.3 is 0 Å². The third kappa shape index (κ3) is 3.23. The fourth-order valence-corrected chi connectivity index (χ4v) is 2.76. The molecule has 1 nitrogen and oxygen atoms in total. The summed E-state index contributed by atoms with van der Waals surface area (Å²) in [5.41, 5.74) is 3.84. The van der Waals surface area contributed by atoms with Crippen LogP contribution in [-0.4, -0.2) is 7.05 Å². The van der Waals surface area contributed by atoms with Gasteiger partial charge in [0.2, 0.25) is 0 Å². The smallest absolute Gasteiger partial charge is 0.0438 e. The van der Waals surface area contributed by atoms with Crippen molar-refractivity contribution < 1.29 is 0 Å². The Balaban J connectivity index is 3.15. The summed E-state index contributed by atoms with van der Waals surface area (Å²) in [4.78, 5) is 0. The van der Waals surface area contributed by atoms with Gasteiger partial charge in [0.05, 0.1) is 0 Å². The van der Waals surface area contributed by atoms with Gasteiger partial charge in [0.25, 0.3) is 0 Å². The van der Waals surface area contributed by atoms with Crippen molar-refractivity contribution in [2.75, 3.05) is 7.05 Å². The van der Waals surface area contributed by atoms with Crippen LogP contribution in [0.15, 0.2) is 12.1 Å². The molecule has 1 aromatic rings. The SMILES string of the molecule is CCC(CC)C(NC)c1cc(C)c(Cl)cc1C. The molecule has 0 aliphatic heterocycles. The Morgan fingerprint density at radius 1 is 1.12 bits per heavy atom. The first-order valence-electron chi connectivity index (χ1n) is 6.49. The van der Waals surface area contributed by atoms with Crippen molar-refractivity contribution >= 4 is 11.6 Å². The molecule has 1 rings (SSSR count). The minimum absolute atomic E-state index is 0.431. The normalized spacial score (nSPS) is 13.1. The third-order valence-corrected chi connectivity index (χ3v) is 4.12. The Hall–Kier alpha value is -0.530. The van der Waals surface area contributed by atoms with Crippen molar-refractivity contribution in [3.05, 3.63) is 33.8 Å². The fourth-order valence-electron chi connectivity index (χ4n) is 2.54. The molecule has 1 N–H and O–H groups in total. The zero-order valence-corrected chi connectivity index (χ0v) is 12.4. The Kier molecular flexibility index (Phi) is 5.48. The molecule has 1 atom stereocenters. The van der Waals surface area contributed by atoms with Crippen LogP contribution >= 0.6 is 11.6 Å². The van der Waals surface area contributed by atoms with Crippen molar-refractivity contribution in [3.8, 4) is 0 Å². The average molecular weight is 254 g/mol. The number of hydrogen-bond donors (Lipinski definition) is 1. The highest BCUT2D eigenvalue weighted by atomic mass is 35.5. The lowest BCUT2D eigenvalue weighted by atomic mass is 9.86. The largest absolute Gasteiger partial charge is 0.313 e. The Bertz CT molecular complexity index is 369. The van der Waals surface area contributed by atoms with E-state index in [2.05, 4.69) is 45.1 Å². The molecule has 0 aromatic heterocycles. The van der Waals surface area contributed by atoms with Gasteiger partial charge in [-0.05, 0) is 49.6 Å². The van der Waals surface area contributed by atoms with Gasteiger partial charge in [-0.1, -0.05) is 44.4 Å². The zero-order valence-electron chi connectivity index (χ0n) is 11.6. The quantitative estimate of drug-likeness (QED) is 0.805. The first kappa shape index (κ1) is 14.5. The lowest BCUT2D eigenvalue weighted by Crippen LogP contribution is -2.25. The van der Waals surface area contributed by atoms with Crippen LogP contribution < -0.4 is 5.32 Å². The molecular weight excluding hydrogens is 230 g/mol. The predicted octanol–water partition coefficient (Wildman–Crippen LogP) is 4.65. The first-order valence-corrected chi connectivity index (χ1v) is 6.86. The summed E-state index contributed by atoms with van der Waals surface area (Å²) < 4.78 is 0. The maximum absolute atomic E-state index is 6.16. The molecule has 0 spiro atoms. The predicted molar refractivity (Wildman–Crippen MR) is 76.8 cm³/mol. The second-order valence-corrected chi connectivity index (χ2v) is 5.21. The van der Waals surface area contributed by atoms with E-state index in [1.807, 2.05) is 7.05 Å². The third-order valence-electron chi connectivity index (χ3n) is 3.71. The van der Waals surface area contributed by atoms with Gasteiger partial charge in [0, 0.05) is 11.1 Å². The molecule has 2 heteroatoms. The van der Waals surface area contributed by atoms with E-state index in [1.165, 1.54) is 29.5 Å². The molecule has 0 radical (unpaired) electrons. The van der Waals surface area contributed by atoms with Crippen LogP contribution in [0.1, 0.15) is 49.4 Å². The minimum Gasteiger partial charge on any atom is -0.313 e. The van der Waals surface area contributed by atoms with Crippen molar-refractivity contribution in [3.63, 3.8) is 0 Å². The summed E-state index contributed by atoms with van der Waals surface area (Å²) in [7, 11) is 2.05. The summed E-state index contributed by atoms with van der Waals surface area (Å²) in [6, 6.07) is 4.75. The molecule has 1 aromatic carbocycles. The Morgan fingerprint density at radius 2 is 1.71 bits per heavy atom. The second-order valence-electron chi connectivity index (χ2n) is 4.80. The molecule has 0 amide bonds. The average Bonchev–Trinajstić information content (AvgIpc) is 2.31. The zero-order chi connectivity index (χ0) is 13.0. The summed E-state index contributed by atoms with van der Waals surface area (Å²) in [6.07, 6.45) is 2.40. The van der Waals surface area contributed by atoms with Crippen molar-refractivity contribution in [1.29, 1.82) is 0 Å². The lowest BCUT2D eigenvalue weighted by Gasteiger charge is -2.27. The minimum atomic E-state index is 0.431. The summed E-state index contributed by atoms with van der Waals surface area (Å²) in [5, 5.41) is 4.33. The van der Waals surface area contributed by atoms with Gasteiger partial charge in [-0.3, -0.25) is 0 Å². The van der Waals surface area contributed by atoms with E-state index in [-0.39, 0.29) is 0 Å². The number of aryl methyl sites for hydroxylation is 2. The molecule has 0 saturated carbocycles. The highest BCUT2D eigenvalue weighted by Crippen LogP contribution is 2.31. The van der Waals surface area contributed by atoms with Crippen LogP contribution in [0.3, 0.4) is 0 Å². The van der Waals surface area contributed by atoms with E-state index in [1.54, 1.807) is 0 Å².